The largest absolute Gasteiger partial charge is 0.480 e. The molecule has 0 bridgehead atoms. The van der Waals surface area contributed by atoms with Gasteiger partial charge in [0, 0.05) is 0 Å². The van der Waals surface area contributed by atoms with Crippen LogP contribution in [0.3, 0.4) is 0 Å². The first kappa shape index (κ1) is 18.2. The zero-order valence-corrected chi connectivity index (χ0v) is 12.6. The summed E-state index contributed by atoms with van der Waals surface area (Å²) in [5, 5.41) is 13.5. The van der Waals surface area contributed by atoms with Crippen LogP contribution in [-0.4, -0.2) is 40.8 Å². The molecule has 0 aliphatic carbocycles. The SMILES string of the molecule is CCC[C@H](NC(=O)OC(C)(C)C)C(=O)NC(C)C(=O)O. The predicted molar refractivity (Wildman–Crippen MR) is 73.3 cm³/mol. The van der Waals surface area contributed by atoms with Crippen molar-refractivity contribution in [2.75, 3.05) is 0 Å². The highest BCUT2D eigenvalue weighted by Gasteiger charge is 2.25. The highest BCUT2D eigenvalue weighted by Crippen LogP contribution is 2.07. The number of ether oxygens (including phenoxy) is 1. The van der Waals surface area contributed by atoms with Gasteiger partial charge in [0.1, 0.15) is 17.7 Å². The van der Waals surface area contributed by atoms with Crippen molar-refractivity contribution in [3.63, 3.8) is 0 Å². The fraction of sp³-hybridized carbons (Fsp3) is 0.769. The fourth-order valence-corrected chi connectivity index (χ4v) is 1.38. The van der Waals surface area contributed by atoms with Gasteiger partial charge in [0.15, 0.2) is 0 Å². The molecule has 0 aromatic heterocycles. The van der Waals surface area contributed by atoms with E-state index < -0.39 is 35.7 Å². The third-order valence-corrected chi connectivity index (χ3v) is 2.31. The van der Waals surface area contributed by atoms with Crippen LogP contribution in [-0.2, 0) is 14.3 Å². The van der Waals surface area contributed by atoms with Crippen LogP contribution in [0.25, 0.3) is 0 Å². The second kappa shape index (κ2) is 7.72. The minimum atomic E-state index is -1.13. The second-order valence-electron chi connectivity index (χ2n) is 5.56. The maximum absolute atomic E-state index is 11.9. The Bertz CT molecular complexity index is 362. The lowest BCUT2D eigenvalue weighted by Gasteiger charge is -2.23. The molecule has 0 spiro atoms. The Hall–Kier alpha value is -1.79. The summed E-state index contributed by atoms with van der Waals surface area (Å²) >= 11 is 0. The number of hydrogen-bond donors (Lipinski definition) is 3. The number of carbonyl (C=O) groups excluding carboxylic acids is 2. The molecular formula is C13H24N2O5. The zero-order chi connectivity index (χ0) is 15.9. The number of rotatable bonds is 6. The van der Waals surface area contributed by atoms with Gasteiger partial charge in [0.25, 0.3) is 0 Å². The number of carboxylic acid groups (broad SMARTS) is 1. The fourth-order valence-electron chi connectivity index (χ4n) is 1.38. The molecule has 7 nitrogen and oxygen atoms in total. The van der Waals surface area contributed by atoms with Crippen molar-refractivity contribution in [1.29, 1.82) is 0 Å². The molecule has 0 aromatic carbocycles. The van der Waals surface area contributed by atoms with Crippen LogP contribution < -0.4 is 10.6 Å². The van der Waals surface area contributed by atoms with Gasteiger partial charge in [0.05, 0.1) is 0 Å². The summed E-state index contributed by atoms with van der Waals surface area (Å²) in [5.74, 6) is -1.67. The molecule has 0 saturated carbocycles. The molecule has 20 heavy (non-hydrogen) atoms. The minimum absolute atomic E-state index is 0.400. The first-order valence-corrected chi connectivity index (χ1v) is 6.59. The van der Waals surface area contributed by atoms with Crippen molar-refractivity contribution in [1.82, 2.24) is 10.6 Å². The van der Waals surface area contributed by atoms with Crippen molar-refractivity contribution < 1.29 is 24.2 Å². The van der Waals surface area contributed by atoms with Crippen LogP contribution >= 0.6 is 0 Å². The summed E-state index contributed by atoms with van der Waals surface area (Å²) in [6, 6.07) is -1.82. The van der Waals surface area contributed by atoms with E-state index in [0.717, 1.165) is 0 Å². The number of hydrogen-bond acceptors (Lipinski definition) is 4. The molecule has 0 aromatic rings. The lowest BCUT2D eigenvalue weighted by atomic mass is 10.1. The average Bonchev–Trinajstić information content (AvgIpc) is 2.25. The summed E-state index contributed by atoms with van der Waals surface area (Å²) < 4.78 is 5.07. The summed E-state index contributed by atoms with van der Waals surface area (Å²) in [4.78, 5) is 34.2. The van der Waals surface area contributed by atoms with Crippen molar-refractivity contribution in [2.24, 2.45) is 0 Å². The van der Waals surface area contributed by atoms with E-state index in [2.05, 4.69) is 10.6 Å². The van der Waals surface area contributed by atoms with Crippen LogP contribution in [0.1, 0.15) is 47.5 Å². The predicted octanol–water partition coefficient (Wildman–Crippen LogP) is 1.27. The van der Waals surface area contributed by atoms with Crippen molar-refractivity contribution in [3.05, 3.63) is 0 Å². The van der Waals surface area contributed by atoms with Gasteiger partial charge in [-0.1, -0.05) is 13.3 Å². The van der Waals surface area contributed by atoms with E-state index in [1.54, 1.807) is 20.8 Å². The standard InChI is InChI=1S/C13H24N2O5/c1-6-7-9(10(16)14-8(2)11(17)18)15-12(19)20-13(3,4)5/h8-9H,6-7H2,1-5H3,(H,14,16)(H,15,19)(H,17,18)/t8?,9-/m0/s1. The molecule has 116 valence electrons. The van der Waals surface area contributed by atoms with E-state index in [0.29, 0.717) is 12.8 Å². The third kappa shape index (κ3) is 7.60. The Labute approximate surface area is 119 Å². The maximum Gasteiger partial charge on any atom is 0.408 e. The van der Waals surface area contributed by atoms with E-state index in [1.807, 2.05) is 6.92 Å². The first-order chi connectivity index (χ1) is 9.06. The van der Waals surface area contributed by atoms with Crippen LogP contribution in [0, 0.1) is 0 Å². The van der Waals surface area contributed by atoms with Gasteiger partial charge >= 0.3 is 12.1 Å². The van der Waals surface area contributed by atoms with Gasteiger partial charge in [-0.25, -0.2) is 4.79 Å². The summed E-state index contributed by atoms with van der Waals surface area (Å²) in [7, 11) is 0. The van der Waals surface area contributed by atoms with Gasteiger partial charge in [-0.05, 0) is 34.1 Å². The lowest BCUT2D eigenvalue weighted by Crippen LogP contribution is -2.51. The highest BCUT2D eigenvalue weighted by molar-refractivity contribution is 5.89. The van der Waals surface area contributed by atoms with Gasteiger partial charge in [-0.15, -0.1) is 0 Å². The normalized spacial score (nSPS) is 14.1. The molecule has 0 fully saturated rings. The number of carboxylic acids is 1. The Kier molecular flexibility index (Phi) is 7.02. The molecule has 2 amide bonds. The van der Waals surface area contributed by atoms with E-state index in [9.17, 15) is 14.4 Å². The Morgan fingerprint density at radius 1 is 1.20 bits per heavy atom. The zero-order valence-electron chi connectivity index (χ0n) is 12.6. The minimum Gasteiger partial charge on any atom is -0.480 e. The van der Waals surface area contributed by atoms with Crippen LogP contribution in [0.15, 0.2) is 0 Å². The van der Waals surface area contributed by atoms with Crippen LogP contribution in [0.2, 0.25) is 0 Å². The van der Waals surface area contributed by atoms with Crippen LogP contribution in [0.5, 0.6) is 0 Å². The molecule has 2 atom stereocenters. The molecule has 0 heterocycles. The number of nitrogens with one attached hydrogen (secondary N) is 2. The first-order valence-electron chi connectivity index (χ1n) is 6.59. The van der Waals surface area contributed by atoms with Crippen LogP contribution in [0.4, 0.5) is 4.79 Å². The Balaban J connectivity index is 4.59. The quantitative estimate of drug-likeness (QED) is 0.682. The average molecular weight is 288 g/mol. The van der Waals surface area contributed by atoms with Crippen molar-refractivity contribution in [2.45, 2.75) is 65.1 Å². The maximum atomic E-state index is 11.9. The van der Waals surface area contributed by atoms with E-state index in [-0.39, 0.29) is 0 Å². The molecule has 7 heteroatoms. The summed E-state index contributed by atoms with van der Waals surface area (Å²) in [6.45, 7) is 8.37. The molecule has 0 rings (SSSR count). The number of alkyl carbamates (subject to hydrolysis) is 1. The highest BCUT2D eigenvalue weighted by atomic mass is 16.6. The summed E-state index contributed by atoms with van der Waals surface area (Å²) in [5.41, 5.74) is -0.661. The molecule has 0 radical (unpaired) electrons. The number of carbonyl (C=O) groups is 3. The molecule has 1 unspecified atom stereocenters. The van der Waals surface area contributed by atoms with E-state index >= 15 is 0 Å². The molecular weight excluding hydrogens is 264 g/mol. The number of amides is 2. The molecule has 0 aliphatic heterocycles. The Morgan fingerprint density at radius 3 is 2.15 bits per heavy atom. The van der Waals surface area contributed by atoms with Crippen molar-refractivity contribution >= 4 is 18.0 Å². The van der Waals surface area contributed by atoms with Gasteiger partial charge in [-0.2, -0.15) is 0 Å². The molecule has 3 N–H and O–H groups in total. The van der Waals surface area contributed by atoms with Gasteiger partial charge in [-0.3, -0.25) is 9.59 Å². The molecule has 0 aliphatic rings. The monoisotopic (exact) mass is 288 g/mol. The third-order valence-electron chi connectivity index (χ3n) is 2.31. The molecule has 0 saturated heterocycles. The van der Waals surface area contributed by atoms with E-state index in [1.165, 1.54) is 6.92 Å². The van der Waals surface area contributed by atoms with Gasteiger partial charge < -0.3 is 20.5 Å². The second-order valence-corrected chi connectivity index (χ2v) is 5.56. The topological polar surface area (TPSA) is 105 Å². The van der Waals surface area contributed by atoms with E-state index in [4.69, 9.17) is 9.84 Å². The number of aliphatic carboxylic acids is 1. The van der Waals surface area contributed by atoms with Crippen molar-refractivity contribution in [3.8, 4) is 0 Å². The lowest BCUT2D eigenvalue weighted by molar-refractivity contribution is -0.141. The van der Waals surface area contributed by atoms with Gasteiger partial charge in [0.2, 0.25) is 5.91 Å². The Morgan fingerprint density at radius 2 is 1.75 bits per heavy atom. The smallest absolute Gasteiger partial charge is 0.408 e. The summed E-state index contributed by atoms with van der Waals surface area (Å²) in [6.07, 6.45) is 0.362.